The van der Waals surface area contributed by atoms with Gasteiger partial charge in [0.15, 0.2) is 0 Å². The highest BCUT2D eigenvalue weighted by atomic mass is 32.1. The summed E-state index contributed by atoms with van der Waals surface area (Å²) in [5.41, 5.74) is 2.28. The second-order valence-corrected chi connectivity index (χ2v) is 7.02. The van der Waals surface area contributed by atoms with E-state index in [9.17, 15) is 0 Å². The van der Waals surface area contributed by atoms with Crippen LogP contribution in [0, 0.1) is 0 Å². The van der Waals surface area contributed by atoms with Crippen LogP contribution >= 0.6 is 22.7 Å². The van der Waals surface area contributed by atoms with Crippen LogP contribution in [0.1, 0.15) is 28.4 Å². The number of hydrogen-bond donors (Lipinski definition) is 1. The largest absolute Gasteiger partial charge is 0.374 e. The molecule has 0 saturated heterocycles. The first kappa shape index (κ1) is 14.4. The first-order valence-electron chi connectivity index (χ1n) is 7.11. The molecule has 0 aliphatic heterocycles. The minimum Gasteiger partial charge on any atom is -0.374 e. The maximum Gasteiger partial charge on any atom is 0.0853 e. The highest BCUT2D eigenvalue weighted by molar-refractivity contribution is 7.10. The standard InChI is InChI=1S/C16H19N3S2/c1-3-13-15(11-19(2)18-13)17-14(16-7-5-9-21-16)10-12-6-4-8-20-12/h4-9,11,14,17H,3,10H2,1-2H3. The van der Waals surface area contributed by atoms with Gasteiger partial charge in [-0.2, -0.15) is 5.10 Å². The van der Waals surface area contributed by atoms with E-state index in [-0.39, 0.29) is 0 Å². The Bertz CT molecular complexity index is 669. The Morgan fingerprint density at radius 3 is 2.71 bits per heavy atom. The lowest BCUT2D eigenvalue weighted by Gasteiger charge is -2.18. The summed E-state index contributed by atoms with van der Waals surface area (Å²) in [4.78, 5) is 2.78. The summed E-state index contributed by atoms with van der Waals surface area (Å²) in [5, 5.41) is 12.5. The number of aromatic nitrogens is 2. The Morgan fingerprint density at radius 1 is 1.24 bits per heavy atom. The van der Waals surface area contributed by atoms with E-state index in [1.54, 1.807) is 0 Å². The number of aryl methyl sites for hydroxylation is 2. The molecule has 0 aliphatic carbocycles. The Morgan fingerprint density at radius 2 is 2.05 bits per heavy atom. The second kappa shape index (κ2) is 6.45. The first-order chi connectivity index (χ1) is 10.3. The molecule has 0 bridgehead atoms. The molecule has 3 aromatic heterocycles. The van der Waals surface area contributed by atoms with E-state index < -0.39 is 0 Å². The molecular weight excluding hydrogens is 298 g/mol. The van der Waals surface area contributed by atoms with Gasteiger partial charge in [-0.15, -0.1) is 22.7 Å². The van der Waals surface area contributed by atoms with Crippen LogP contribution < -0.4 is 5.32 Å². The van der Waals surface area contributed by atoms with E-state index in [1.807, 2.05) is 34.4 Å². The van der Waals surface area contributed by atoms with E-state index >= 15 is 0 Å². The van der Waals surface area contributed by atoms with E-state index in [0.29, 0.717) is 6.04 Å². The van der Waals surface area contributed by atoms with Gasteiger partial charge in [-0.05, 0) is 29.3 Å². The van der Waals surface area contributed by atoms with Crippen LogP contribution in [0.25, 0.3) is 0 Å². The van der Waals surface area contributed by atoms with E-state index in [0.717, 1.165) is 24.2 Å². The summed E-state index contributed by atoms with van der Waals surface area (Å²) >= 11 is 3.63. The van der Waals surface area contributed by atoms with Gasteiger partial charge >= 0.3 is 0 Å². The van der Waals surface area contributed by atoms with Crippen molar-refractivity contribution in [3.63, 3.8) is 0 Å². The molecule has 110 valence electrons. The van der Waals surface area contributed by atoms with Crippen LogP contribution in [-0.2, 0) is 19.9 Å². The van der Waals surface area contributed by atoms with Crippen molar-refractivity contribution < 1.29 is 0 Å². The van der Waals surface area contributed by atoms with Crippen molar-refractivity contribution in [2.45, 2.75) is 25.8 Å². The zero-order valence-electron chi connectivity index (χ0n) is 12.2. The summed E-state index contributed by atoms with van der Waals surface area (Å²) < 4.78 is 1.89. The van der Waals surface area contributed by atoms with Gasteiger partial charge in [-0.25, -0.2) is 0 Å². The fourth-order valence-electron chi connectivity index (χ4n) is 2.45. The van der Waals surface area contributed by atoms with Crippen LogP contribution in [0.5, 0.6) is 0 Å². The van der Waals surface area contributed by atoms with Crippen LogP contribution in [-0.4, -0.2) is 9.78 Å². The van der Waals surface area contributed by atoms with E-state index in [4.69, 9.17) is 0 Å². The summed E-state index contributed by atoms with van der Waals surface area (Å²) in [5.74, 6) is 0. The molecule has 0 spiro atoms. The molecule has 21 heavy (non-hydrogen) atoms. The molecule has 3 heterocycles. The van der Waals surface area contributed by atoms with Crippen LogP contribution in [0.3, 0.4) is 0 Å². The molecule has 1 atom stereocenters. The summed E-state index contributed by atoms with van der Waals surface area (Å²) in [6.45, 7) is 2.15. The average Bonchev–Trinajstić information content (AvgIpc) is 3.18. The maximum absolute atomic E-state index is 4.52. The maximum atomic E-state index is 4.52. The molecule has 5 heteroatoms. The Balaban J connectivity index is 1.85. The van der Waals surface area contributed by atoms with E-state index in [2.05, 4.69) is 58.6 Å². The van der Waals surface area contributed by atoms with Gasteiger partial charge < -0.3 is 5.32 Å². The number of rotatable bonds is 6. The van der Waals surface area contributed by atoms with Crippen molar-refractivity contribution in [1.82, 2.24) is 9.78 Å². The van der Waals surface area contributed by atoms with Gasteiger partial charge in [-0.3, -0.25) is 4.68 Å². The van der Waals surface area contributed by atoms with Gasteiger partial charge in [0.2, 0.25) is 0 Å². The third-order valence-corrected chi connectivity index (χ3v) is 5.33. The summed E-state index contributed by atoms with van der Waals surface area (Å²) in [7, 11) is 1.98. The first-order valence-corrected chi connectivity index (χ1v) is 8.87. The molecule has 0 fully saturated rings. The molecule has 0 aliphatic rings. The fraction of sp³-hybridized carbons (Fsp3) is 0.312. The van der Waals surface area contributed by atoms with Crippen molar-refractivity contribution in [3.8, 4) is 0 Å². The van der Waals surface area contributed by atoms with Crippen molar-refractivity contribution in [2.24, 2.45) is 7.05 Å². The van der Waals surface area contributed by atoms with Crippen molar-refractivity contribution in [3.05, 3.63) is 56.7 Å². The number of thiophene rings is 2. The third kappa shape index (κ3) is 3.36. The van der Waals surface area contributed by atoms with Crippen molar-refractivity contribution in [2.75, 3.05) is 5.32 Å². The lowest BCUT2D eigenvalue weighted by molar-refractivity contribution is 0.746. The molecule has 1 N–H and O–H groups in total. The summed E-state index contributed by atoms with van der Waals surface area (Å²) in [6, 6.07) is 8.95. The van der Waals surface area contributed by atoms with Gasteiger partial charge in [0.25, 0.3) is 0 Å². The highest BCUT2D eigenvalue weighted by Gasteiger charge is 2.16. The van der Waals surface area contributed by atoms with Gasteiger partial charge in [-0.1, -0.05) is 19.1 Å². The fourth-order valence-corrected chi connectivity index (χ4v) is 3.98. The predicted molar refractivity (Wildman–Crippen MR) is 91.3 cm³/mol. The van der Waals surface area contributed by atoms with E-state index in [1.165, 1.54) is 9.75 Å². The molecule has 3 nitrogen and oxygen atoms in total. The molecule has 3 rings (SSSR count). The third-order valence-electron chi connectivity index (χ3n) is 3.44. The number of hydrogen-bond acceptors (Lipinski definition) is 4. The molecule has 0 radical (unpaired) electrons. The smallest absolute Gasteiger partial charge is 0.0853 e. The van der Waals surface area contributed by atoms with Gasteiger partial charge in [0.05, 0.1) is 17.4 Å². The Kier molecular flexibility index (Phi) is 4.41. The molecule has 0 saturated carbocycles. The lowest BCUT2D eigenvalue weighted by Crippen LogP contribution is -2.12. The average molecular weight is 317 g/mol. The normalized spacial score (nSPS) is 12.5. The number of nitrogens with one attached hydrogen (secondary N) is 1. The summed E-state index contributed by atoms with van der Waals surface area (Å²) in [6.07, 6.45) is 4.03. The van der Waals surface area contributed by atoms with Crippen LogP contribution in [0.2, 0.25) is 0 Å². The van der Waals surface area contributed by atoms with Crippen LogP contribution in [0.4, 0.5) is 5.69 Å². The Hall–Kier alpha value is -1.59. The minimum atomic E-state index is 0.304. The molecule has 1 unspecified atom stereocenters. The quantitative estimate of drug-likeness (QED) is 0.725. The topological polar surface area (TPSA) is 29.9 Å². The SMILES string of the molecule is CCc1nn(C)cc1NC(Cc1cccs1)c1cccs1. The number of anilines is 1. The van der Waals surface area contributed by atoms with Crippen molar-refractivity contribution >= 4 is 28.4 Å². The van der Waals surface area contributed by atoms with Gasteiger partial charge in [0.1, 0.15) is 0 Å². The molecule has 0 amide bonds. The van der Waals surface area contributed by atoms with Crippen LogP contribution in [0.15, 0.2) is 41.2 Å². The minimum absolute atomic E-state index is 0.304. The monoisotopic (exact) mass is 317 g/mol. The zero-order valence-corrected chi connectivity index (χ0v) is 13.9. The lowest BCUT2D eigenvalue weighted by atomic mass is 10.1. The number of nitrogens with zero attached hydrogens (tertiary/aromatic N) is 2. The molecular formula is C16H19N3S2. The van der Waals surface area contributed by atoms with Crippen molar-refractivity contribution in [1.29, 1.82) is 0 Å². The molecule has 0 aromatic carbocycles. The molecule has 3 aromatic rings. The predicted octanol–water partition coefficient (Wildman–Crippen LogP) is 4.50. The highest BCUT2D eigenvalue weighted by Crippen LogP contribution is 2.29. The Labute approximate surface area is 133 Å². The zero-order chi connectivity index (χ0) is 14.7. The second-order valence-electron chi connectivity index (χ2n) is 5.01. The van der Waals surface area contributed by atoms with Gasteiger partial charge in [0, 0.05) is 29.4 Å².